The first-order chi connectivity index (χ1) is 11.8. The topological polar surface area (TPSA) is 119 Å². The van der Waals surface area contributed by atoms with Gasteiger partial charge in [-0.25, -0.2) is 17.9 Å². The Bertz CT molecular complexity index is 755. The van der Waals surface area contributed by atoms with Gasteiger partial charge < -0.3 is 9.64 Å². The Morgan fingerprint density at radius 2 is 1.88 bits per heavy atom. The highest BCUT2D eigenvalue weighted by Gasteiger charge is 2.27. The van der Waals surface area contributed by atoms with Gasteiger partial charge in [-0.05, 0) is 40.7 Å². The lowest BCUT2D eigenvalue weighted by Crippen LogP contribution is -2.44. The van der Waals surface area contributed by atoms with Crippen molar-refractivity contribution in [2.24, 2.45) is 0 Å². The Hall–Kier alpha value is -2.20. The molecule has 1 amide bonds. The second-order valence-corrected chi connectivity index (χ2v) is 8.63. The van der Waals surface area contributed by atoms with E-state index in [1.54, 1.807) is 34.6 Å². The summed E-state index contributed by atoms with van der Waals surface area (Å²) in [6, 6.07) is 4.87. The molecule has 0 unspecified atom stereocenters. The predicted octanol–water partition coefficient (Wildman–Crippen LogP) is 2.52. The number of para-hydroxylation sites is 1. The maximum Gasteiger partial charge on any atom is 0.410 e. The van der Waals surface area contributed by atoms with Crippen molar-refractivity contribution in [2.45, 2.75) is 51.2 Å². The van der Waals surface area contributed by atoms with Gasteiger partial charge in [-0.2, -0.15) is 0 Å². The van der Waals surface area contributed by atoms with Crippen LogP contribution in [0.5, 0.6) is 0 Å². The maximum atomic E-state index is 12.4. The van der Waals surface area contributed by atoms with Gasteiger partial charge >= 0.3 is 6.09 Å². The number of nitrogens with one attached hydrogen (secondary N) is 1. The molecule has 0 bridgehead atoms. The number of hydrogen-bond donors (Lipinski definition) is 1. The third-order valence-corrected chi connectivity index (χ3v) is 4.76. The number of carbonyl (C=O) groups is 1. The van der Waals surface area contributed by atoms with Gasteiger partial charge in [0.15, 0.2) is 4.90 Å². The van der Waals surface area contributed by atoms with Gasteiger partial charge in [-0.15, -0.1) is 0 Å². The SMILES string of the molecule is CC(C)N(CCNS(=O)(=O)c1ccccc1[N+](=O)[O-])C(=O)OC(C)(C)C. The molecule has 0 heterocycles. The fourth-order valence-electron chi connectivity index (χ4n) is 2.09. The van der Waals surface area contributed by atoms with Crippen LogP contribution in [-0.4, -0.2) is 49.1 Å². The third kappa shape index (κ3) is 6.26. The minimum Gasteiger partial charge on any atom is -0.444 e. The number of rotatable bonds is 7. The molecule has 1 rings (SSSR count). The van der Waals surface area contributed by atoms with E-state index in [-0.39, 0.29) is 19.1 Å². The predicted molar refractivity (Wildman–Crippen MR) is 96.4 cm³/mol. The first-order valence-electron chi connectivity index (χ1n) is 8.08. The van der Waals surface area contributed by atoms with Gasteiger partial charge in [0.25, 0.3) is 5.69 Å². The Balaban J connectivity index is 2.84. The first-order valence-corrected chi connectivity index (χ1v) is 9.56. The fourth-order valence-corrected chi connectivity index (χ4v) is 3.29. The zero-order valence-corrected chi connectivity index (χ0v) is 16.4. The van der Waals surface area contributed by atoms with Gasteiger partial charge in [0.1, 0.15) is 5.60 Å². The van der Waals surface area contributed by atoms with Crippen LogP contribution in [0.3, 0.4) is 0 Å². The molecule has 1 aromatic carbocycles. The van der Waals surface area contributed by atoms with Crippen molar-refractivity contribution in [3.8, 4) is 0 Å². The van der Waals surface area contributed by atoms with E-state index >= 15 is 0 Å². The monoisotopic (exact) mass is 387 g/mol. The number of sulfonamides is 1. The molecule has 1 N–H and O–H groups in total. The molecule has 0 atom stereocenters. The minimum absolute atomic E-state index is 0.0619. The number of carbonyl (C=O) groups excluding carboxylic acids is 1. The lowest BCUT2D eigenvalue weighted by atomic mass is 10.2. The molecule has 26 heavy (non-hydrogen) atoms. The summed E-state index contributed by atoms with van der Waals surface area (Å²) in [5, 5.41) is 11.0. The van der Waals surface area contributed by atoms with Crippen LogP contribution in [-0.2, 0) is 14.8 Å². The lowest BCUT2D eigenvalue weighted by Gasteiger charge is -2.30. The van der Waals surface area contributed by atoms with Crippen LogP contribution < -0.4 is 4.72 Å². The van der Waals surface area contributed by atoms with Gasteiger partial charge in [0.05, 0.1) is 4.92 Å². The molecule has 0 aromatic heterocycles. The highest BCUT2D eigenvalue weighted by molar-refractivity contribution is 7.89. The van der Waals surface area contributed by atoms with Crippen LogP contribution >= 0.6 is 0 Å². The molecule has 0 saturated heterocycles. The average Bonchev–Trinajstić information content (AvgIpc) is 2.49. The summed E-state index contributed by atoms with van der Waals surface area (Å²) in [7, 11) is -4.09. The van der Waals surface area contributed by atoms with Crippen molar-refractivity contribution in [3.63, 3.8) is 0 Å². The van der Waals surface area contributed by atoms with E-state index in [1.807, 2.05) is 0 Å². The second kappa shape index (κ2) is 8.45. The number of hydrogen-bond acceptors (Lipinski definition) is 6. The van der Waals surface area contributed by atoms with Gasteiger partial charge in [0.2, 0.25) is 10.0 Å². The summed E-state index contributed by atoms with van der Waals surface area (Å²) in [4.78, 5) is 23.4. The van der Waals surface area contributed by atoms with Crippen molar-refractivity contribution in [1.29, 1.82) is 0 Å². The van der Waals surface area contributed by atoms with Crippen molar-refractivity contribution < 1.29 is 22.9 Å². The molecule has 10 heteroatoms. The zero-order chi connectivity index (χ0) is 20.1. The molecule has 0 fully saturated rings. The number of ether oxygens (including phenoxy) is 1. The molecule has 0 spiro atoms. The van der Waals surface area contributed by atoms with Crippen LogP contribution in [0.15, 0.2) is 29.2 Å². The molecular formula is C16H25N3O6S. The van der Waals surface area contributed by atoms with Crippen molar-refractivity contribution >= 4 is 21.8 Å². The molecule has 9 nitrogen and oxygen atoms in total. The van der Waals surface area contributed by atoms with E-state index in [0.717, 1.165) is 12.1 Å². The van der Waals surface area contributed by atoms with Crippen LogP contribution in [0.4, 0.5) is 10.5 Å². The molecule has 1 aromatic rings. The number of nitro groups is 1. The van der Waals surface area contributed by atoms with Crippen LogP contribution in [0.25, 0.3) is 0 Å². The summed E-state index contributed by atoms with van der Waals surface area (Å²) < 4.78 is 32.3. The van der Waals surface area contributed by atoms with Gasteiger partial charge in [0, 0.05) is 25.2 Å². The summed E-state index contributed by atoms with van der Waals surface area (Å²) in [6.07, 6.45) is -0.558. The van der Waals surface area contributed by atoms with Crippen LogP contribution in [0.2, 0.25) is 0 Å². The molecule has 0 saturated carbocycles. The van der Waals surface area contributed by atoms with Gasteiger partial charge in [-0.3, -0.25) is 10.1 Å². The highest BCUT2D eigenvalue weighted by Crippen LogP contribution is 2.22. The van der Waals surface area contributed by atoms with Crippen LogP contribution in [0.1, 0.15) is 34.6 Å². The van der Waals surface area contributed by atoms with Crippen molar-refractivity contribution in [1.82, 2.24) is 9.62 Å². The molecule has 0 aliphatic heterocycles. The van der Waals surface area contributed by atoms with Crippen molar-refractivity contribution in [2.75, 3.05) is 13.1 Å². The average molecular weight is 387 g/mol. The highest BCUT2D eigenvalue weighted by atomic mass is 32.2. The number of nitro benzene ring substituents is 1. The quantitative estimate of drug-likeness (QED) is 0.567. The lowest BCUT2D eigenvalue weighted by molar-refractivity contribution is -0.387. The molecular weight excluding hydrogens is 362 g/mol. The summed E-state index contributed by atoms with van der Waals surface area (Å²) in [5.74, 6) is 0. The molecule has 0 radical (unpaired) electrons. The van der Waals surface area contributed by atoms with Gasteiger partial charge in [-0.1, -0.05) is 12.1 Å². The largest absolute Gasteiger partial charge is 0.444 e. The van der Waals surface area contributed by atoms with E-state index in [0.29, 0.717) is 0 Å². The van der Waals surface area contributed by atoms with E-state index in [2.05, 4.69) is 4.72 Å². The van der Waals surface area contributed by atoms with Crippen molar-refractivity contribution in [3.05, 3.63) is 34.4 Å². The second-order valence-electron chi connectivity index (χ2n) is 6.89. The summed E-state index contributed by atoms with van der Waals surface area (Å²) in [6.45, 7) is 8.72. The first kappa shape index (κ1) is 21.8. The number of benzene rings is 1. The smallest absolute Gasteiger partial charge is 0.410 e. The summed E-state index contributed by atoms with van der Waals surface area (Å²) in [5.41, 5.74) is -1.18. The standard InChI is InChI=1S/C16H25N3O6S/c1-12(2)18(15(20)25-16(3,4)5)11-10-17-26(23,24)14-9-7-6-8-13(14)19(21)22/h6-9,12,17H,10-11H2,1-5H3. The van der Waals surface area contributed by atoms with E-state index in [9.17, 15) is 23.3 Å². The molecule has 0 aliphatic rings. The summed E-state index contributed by atoms with van der Waals surface area (Å²) >= 11 is 0. The Morgan fingerprint density at radius 3 is 2.38 bits per heavy atom. The Kier molecular flexibility index (Phi) is 7.10. The zero-order valence-electron chi connectivity index (χ0n) is 15.6. The number of amides is 1. The maximum absolute atomic E-state index is 12.4. The minimum atomic E-state index is -4.09. The van der Waals surface area contributed by atoms with E-state index in [1.165, 1.54) is 17.0 Å². The normalized spacial score (nSPS) is 12.1. The fraction of sp³-hybridized carbons (Fsp3) is 0.562. The molecule has 0 aliphatic carbocycles. The Labute approximate surface area is 153 Å². The third-order valence-electron chi connectivity index (χ3n) is 3.25. The van der Waals surface area contributed by atoms with E-state index in [4.69, 9.17) is 4.74 Å². The van der Waals surface area contributed by atoms with E-state index < -0.39 is 37.2 Å². The Morgan fingerprint density at radius 1 is 1.31 bits per heavy atom. The number of nitrogens with zero attached hydrogens (tertiary/aromatic N) is 2. The molecule has 146 valence electrons. The van der Waals surface area contributed by atoms with Crippen LogP contribution in [0, 0.1) is 10.1 Å².